The van der Waals surface area contributed by atoms with E-state index < -0.39 is 4.92 Å². The van der Waals surface area contributed by atoms with Crippen molar-refractivity contribution in [2.24, 2.45) is 5.92 Å². The van der Waals surface area contributed by atoms with E-state index in [1.165, 1.54) is 12.3 Å². The molecule has 0 amide bonds. The minimum Gasteiger partial charge on any atom is -0.258 e. The number of alkyl halides is 1. The summed E-state index contributed by atoms with van der Waals surface area (Å²) in [6.07, 6.45) is 2.04. The number of hydrogen-bond acceptors (Lipinski definition) is 3. The molecule has 0 aliphatic rings. The summed E-state index contributed by atoms with van der Waals surface area (Å²) < 4.78 is 0.687. The summed E-state index contributed by atoms with van der Waals surface area (Å²) in [5.41, 5.74) is 0.840. The summed E-state index contributed by atoms with van der Waals surface area (Å²) >= 11 is 6.87. The molecule has 0 N–H and O–H groups in total. The van der Waals surface area contributed by atoms with Crippen LogP contribution >= 0.6 is 31.9 Å². The van der Waals surface area contributed by atoms with Gasteiger partial charge in [0.1, 0.15) is 6.20 Å². The Morgan fingerprint density at radius 1 is 1.56 bits per heavy atom. The zero-order chi connectivity index (χ0) is 12.3. The Hall–Kier alpha value is -0.490. The Morgan fingerprint density at radius 2 is 2.19 bits per heavy atom. The van der Waals surface area contributed by atoms with Gasteiger partial charge in [0.15, 0.2) is 0 Å². The monoisotopic (exact) mass is 350 g/mol. The summed E-state index contributed by atoms with van der Waals surface area (Å²) in [6.45, 7) is 4.22. The second-order valence-corrected chi connectivity index (χ2v) is 5.87. The smallest absolute Gasteiger partial charge is 0.258 e. The van der Waals surface area contributed by atoms with Crippen LogP contribution < -0.4 is 0 Å². The van der Waals surface area contributed by atoms with Crippen molar-refractivity contribution in [2.45, 2.75) is 25.1 Å². The molecule has 0 aromatic carbocycles. The Kier molecular flexibility index (Phi) is 4.86. The average Bonchev–Trinajstić information content (AvgIpc) is 2.20. The molecular formula is C10H12Br2N2O2. The van der Waals surface area contributed by atoms with E-state index in [1.807, 2.05) is 0 Å². The molecule has 1 unspecified atom stereocenters. The van der Waals surface area contributed by atoms with Crippen molar-refractivity contribution in [3.05, 3.63) is 32.5 Å². The van der Waals surface area contributed by atoms with Crippen LogP contribution in [0.5, 0.6) is 0 Å². The lowest BCUT2D eigenvalue weighted by atomic mass is 10.1. The fraction of sp³-hybridized carbons (Fsp3) is 0.500. The fourth-order valence-electron chi connectivity index (χ4n) is 1.13. The van der Waals surface area contributed by atoms with Gasteiger partial charge >= 0.3 is 0 Å². The van der Waals surface area contributed by atoms with Gasteiger partial charge in [0.2, 0.25) is 0 Å². The van der Waals surface area contributed by atoms with E-state index in [0.29, 0.717) is 15.2 Å². The third kappa shape index (κ3) is 3.52. The third-order valence-electron chi connectivity index (χ3n) is 2.23. The highest BCUT2D eigenvalue weighted by molar-refractivity contribution is 9.10. The van der Waals surface area contributed by atoms with Gasteiger partial charge in [-0.3, -0.25) is 15.1 Å². The molecule has 0 saturated carbocycles. The Balaban J connectivity index is 2.87. The van der Waals surface area contributed by atoms with Crippen LogP contribution in [0.1, 0.15) is 19.5 Å². The van der Waals surface area contributed by atoms with Crippen molar-refractivity contribution in [2.75, 3.05) is 0 Å². The summed E-state index contributed by atoms with van der Waals surface area (Å²) in [5.74, 6) is 0.490. The highest BCUT2D eigenvalue weighted by Gasteiger charge is 2.15. The molecule has 0 radical (unpaired) electrons. The predicted molar refractivity (Wildman–Crippen MR) is 69.8 cm³/mol. The molecule has 0 saturated heterocycles. The van der Waals surface area contributed by atoms with Crippen molar-refractivity contribution >= 4 is 37.5 Å². The number of halogens is 2. The molecule has 0 spiro atoms. The first kappa shape index (κ1) is 13.6. The lowest BCUT2D eigenvalue weighted by Gasteiger charge is -2.13. The van der Waals surface area contributed by atoms with E-state index in [4.69, 9.17) is 0 Å². The number of nitrogens with zero attached hydrogens (tertiary/aromatic N) is 2. The van der Waals surface area contributed by atoms with E-state index in [9.17, 15) is 10.1 Å². The summed E-state index contributed by atoms with van der Waals surface area (Å²) in [4.78, 5) is 14.5. The van der Waals surface area contributed by atoms with Crippen LogP contribution in [0.25, 0.3) is 0 Å². The first-order chi connectivity index (χ1) is 7.41. The predicted octanol–water partition coefficient (Wildman–Crippen LogP) is 3.71. The second kappa shape index (κ2) is 5.72. The van der Waals surface area contributed by atoms with Gasteiger partial charge in [-0.2, -0.15) is 0 Å². The summed E-state index contributed by atoms with van der Waals surface area (Å²) in [7, 11) is 0. The van der Waals surface area contributed by atoms with E-state index in [2.05, 4.69) is 50.7 Å². The molecule has 0 bridgehead atoms. The van der Waals surface area contributed by atoms with Crippen molar-refractivity contribution < 1.29 is 4.92 Å². The van der Waals surface area contributed by atoms with Crippen LogP contribution in [0.3, 0.4) is 0 Å². The molecule has 88 valence electrons. The van der Waals surface area contributed by atoms with Crippen LogP contribution in [0.15, 0.2) is 16.7 Å². The number of nitro groups is 1. The maximum atomic E-state index is 10.5. The summed E-state index contributed by atoms with van der Waals surface area (Å²) in [6, 6.07) is 1.49. The highest BCUT2D eigenvalue weighted by atomic mass is 79.9. The van der Waals surface area contributed by atoms with Crippen molar-refractivity contribution in [1.82, 2.24) is 4.98 Å². The maximum Gasteiger partial charge on any atom is 0.288 e. The lowest BCUT2D eigenvalue weighted by Crippen LogP contribution is -2.12. The Bertz CT molecular complexity index is 396. The van der Waals surface area contributed by atoms with Crippen LogP contribution in [0, 0.1) is 16.0 Å². The molecule has 1 aromatic rings. The zero-order valence-corrected chi connectivity index (χ0v) is 12.2. The van der Waals surface area contributed by atoms with Gasteiger partial charge in [0, 0.05) is 21.8 Å². The van der Waals surface area contributed by atoms with Gasteiger partial charge in [-0.15, -0.1) is 0 Å². The van der Waals surface area contributed by atoms with E-state index >= 15 is 0 Å². The molecular weight excluding hydrogens is 340 g/mol. The SMILES string of the molecule is CC(C)C(Br)Cc1ncc([N+](=O)[O-])cc1Br. The van der Waals surface area contributed by atoms with E-state index in [1.54, 1.807) is 0 Å². The largest absolute Gasteiger partial charge is 0.288 e. The fourth-order valence-corrected chi connectivity index (χ4v) is 1.93. The van der Waals surface area contributed by atoms with Gasteiger partial charge in [-0.1, -0.05) is 29.8 Å². The van der Waals surface area contributed by atoms with Gasteiger partial charge in [-0.25, -0.2) is 0 Å². The van der Waals surface area contributed by atoms with Crippen LogP contribution in [0.4, 0.5) is 5.69 Å². The molecule has 1 aromatic heterocycles. The molecule has 1 atom stereocenters. The Labute approximate surface area is 111 Å². The topological polar surface area (TPSA) is 56.0 Å². The first-order valence-corrected chi connectivity index (χ1v) is 6.55. The van der Waals surface area contributed by atoms with E-state index in [-0.39, 0.29) is 5.69 Å². The molecule has 1 heterocycles. The second-order valence-electron chi connectivity index (χ2n) is 3.84. The van der Waals surface area contributed by atoms with Crippen LogP contribution in [-0.2, 0) is 6.42 Å². The minimum atomic E-state index is -0.449. The quantitative estimate of drug-likeness (QED) is 0.472. The summed E-state index contributed by atoms with van der Waals surface area (Å²) in [5, 5.41) is 10.5. The molecule has 6 heteroatoms. The molecule has 1 rings (SSSR count). The zero-order valence-electron chi connectivity index (χ0n) is 8.98. The van der Waals surface area contributed by atoms with Gasteiger partial charge < -0.3 is 0 Å². The highest BCUT2D eigenvalue weighted by Crippen LogP contribution is 2.25. The molecule has 0 fully saturated rings. The average molecular weight is 352 g/mol. The number of rotatable bonds is 4. The third-order valence-corrected chi connectivity index (χ3v) is 4.29. The van der Waals surface area contributed by atoms with Crippen LogP contribution in [0.2, 0.25) is 0 Å². The molecule has 4 nitrogen and oxygen atoms in total. The van der Waals surface area contributed by atoms with Crippen molar-refractivity contribution in [1.29, 1.82) is 0 Å². The van der Waals surface area contributed by atoms with Crippen LogP contribution in [-0.4, -0.2) is 14.7 Å². The number of hydrogen-bond donors (Lipinski definition) is 0. The normalized spacial score (nSPS) is 12.8. The standard InChI is InChI=1S/C10H12Br2N2O2/c1-6(2)8(11)4-10-9(12)3-7(5-13-10)14(15)16/h3,5-6,8H,4H2,1-2H3. The first-order valence-electron chi connectivity index (χ1n) is 4.84. The van der Waals surface area contributed by atoms with Crippen molar-refractivity contribution in [3.63, 3.8) is 0 Å². The Morgan fingerprint density at radius 3 is 2.62 bits per heavy atom. The van der Waals surface area contributed by atoms with Gasteiger partial charge in [0.25, 0.3) is 5.69 Å². The maximum absolute atomic E-state index is 10.5. The number of aromatic nitrogens is 1. The van der Waals surface area contributed by atoms with Gasteiger partial charge in [-0.05, 0) is 21.8 Å². The lowest BCUT2D eigenvalue weighted by molar-refractivity contribution is -0.385. The van der Waals surface area contributed by atoms with E-state index in [0.717, 1.165) is 12.1 Å². The van der Waals surface area contributed by atoms with Gasteiger partial charge in [0.05, 0.1) is 10.6 Å². The molecule has 16 heavy (non-hydrogen) atoms. The molecule has 0 aliphatic heterocycles. The number of pyridine rings is 1. The minimum absolute atomic E-state index is 0.00583. The molecule has 0 aliphatic carbocycles. The van der Waals surface area contributed by atoms with Crippen molar-refractivity contribution in [3.8, 4) is 0 Å².